The third-order valence-corrected chi connectivity index (χ3v) is 2.43. The van der Waals surface area contributed by atoms with E-state index < -0.39 is 0 Å². The monoisotopic (exact) mass is 295 g/mol. The molecular formula is C14H25N5O2. The molecule has 0 aliphatic carbocycles. The molecule has 0 bridgehead atoms. The van der Waals surface area contributed by atoms with E-state index in [1.165, 1.54) is 11.2 Å². The van der Waals surface area contributed by atoms with Gasteiger partial charge in [0.1, 0.15) is 6.61 Å². The van der Waals surface area contributed by atoms with Crippen LogP contribution in [0.2, 0.25) is 0 Å². The smallest absolute Gasteiger partial charge is 0.293 e. The number of nitrogens with zero attached hydrogens (tertiary/aromatic N) is 2. The average molecular weight is 295 g/mol. The van der Waals surface area contributed by atoms with Gasteiger partial charge in [-0.1, -0.05) is 13.0 Å². The normalized spacial score (nSPS) is 14.1. The third-order valence-electron chi connectivity index (χ3n) is 2.43. The number of hydrazine groups is 1. The molecule has 0 amide bonds. The first kappa shape index (κ1) is 18.7. The first-order valence-electron chi connectivity index (χ1n) is 6.59. The van der Waals surface area contributed by atoms with Crippen molar-refractivity contribution in [2.24, 2.45) is 22.3 Å². The lowest BCUT2D eigenvalue weighted by molar-refractivity contribution is -0.127. The summed E-state index contributed by atoms with van der Waals surface area (Å²) in [6.45, 7) is 6.39. The Labute approximate surface area is 125 Å². The molecular weight excluding hydrogens is 270 g/mol. The SMILES string of the molecule is CC/C=C(C)/N=C/C(CN(N)/C=C(\N)COC=O)=C(\C)N. The minimum absolute atomic E-state index is 0.00963. The van der Waals surface area contributed by atoms with E-state index in [1.54, 1.807) is 13.1 Å². The maximum Gasteiger partial charge on any atom is 0.293 e. The van der Waals surface area contributed by atoms with E-state index in [0.29, 0.717) is 24.4 Å². The quantitative estimate of drug-likeness (QED) is 0.250. The molecule has 0 saturated carbocycles. The molecule has 0 aliphatic heterocycles. The van der Waals surface area contributed by atoms with Crippen molar-refractivity contribution in [3.63, 3.8) is 0 Å². The van der Waals surface area contributed by atoms with Gasteiger partial charge in [-0.3, -0.25) is 9.79 Å². The van der Waals surface area contributed by atoms with Crippen LogP contribution in [0.4, 0.5) is 0 Å². The van der Waals surface area contributed by atoms with Crippen LogP contribution in [0.5, 0.6) is 0 Å². The molecule has 0 saturated heterocycles. The zero-order chi connectivity index (χ0) is 16.3. The second-order valence-electron chi connectivity index (χ2n) is 4.50. The highest BCUT2D eigenvalue weighted by atomic mass is 16.5. The Morgan fingerprint density at radius 1 is 1.33 bits per heavy atom. The molecule has 0 radical (unpaired) electrons. The van der Waals surface area contributed by atoms with Crippen molar-refractivity contribution < 1.29 is 9.53 Å². The lowest BCUT2D eigenvalue weighted by Gasteiger charge is -2.16. The van der Waals surface area contributed by atoms with E-state index in [-0.39, 0.29) is 6.61 Å². The van der Waals surface area contributed by atoms with Gasteiger partial charge in [-0.15, -0.1) is 0 Å². The van der Waals surface area contributed by atoms with Crippen LogP contribution in [-0.2, 0) is 9.53 Å². The summed E-state index contributed by atoms with van der Waals surface area (Å²) in [5, 5.41) is 1.36. The predicted octanol–water partition coefficient (Wildman–Crippen LogP) is 0.753. The minimum Gasteiger partial charge on any atom is -0.461 e. The van der Waals surface area contributed by atoms with Crippen LogP contribution < -0.4 is 17.3 Å². The van der Waals surface area contributed by atoms with E-state index in [2.05, 4.69) is 9.73 Å². The Balaban J connectivity index is 4.77. The number of carbonyl (C=O) groups is 1. The largest absolute Gasteiger partial charge is 0.461 e. The standard InChI is InChI=1S/C14H25N5O2/c1-4-5-11(2)18-6-13(12(3)15)7-19(17)8-14(16)9-21-10-20/h5-6,8,10H,4,7,9,15-17H2,1-3H3/b11-5+,13-12-,14-8-,18-6+. The lowest BCUT2D eigenvalue weighted by atomic mass is 10.2. The summed E-state index contributed by atoms with van der Waals surface area (Å²) in [7, 11) is 0. The van der Waals surface area contributed by atoms with Gasteiger partial charge < -0.3 is 21.2 Å². The zero-order valence-electron chi connectivity index (χ0n) is 12.9. The molecule has 0 rings (SSSR count). The lowest BCUT2D eigenvalue weighted by Crippen LogP contribution is -2.30. The Morgan fingerprint density at radius 2 is 2.00 bits per heavy atom. The highest BCUT2D eigenvalue weighted by Crippen LogP contribution is 2.02. The number of hydrogen-bond acceptors (Lipinski definition) is 7. The fourth-order valence-electron chi connectivity index (χ4n) is 1.42. The van der Waals surface area contributed by atoms with Gasteiger partial charge in [0.15, 0.2) is 0 Å². The molecule has 0 heterocycles. The van der Waals surface area contributed by atoms with E-state index in [4.69, 9.17) is 17.3 Å². The Hall–Kier alpha value is -2.28. The van der Waals surface area contributed by atoms with Crippen molar-refractivity contribution in [2.75, 3.05) is 13.2 Å². The minimum atomic E-state index is -0.00963. The molecule has 0 unspecified atom stereocenters. The average Bonchev–Trinajstić information content (AvgIpc) is 2.41. The number of rotatable bonds is 9. The highest BCUT2D eigenvalue weighted by molar-refractivity contribution is 5.80. The van der Waals surface area contributed by atoms with Crippen molar-refractivity contribution in [1.29, 1.82) is 0 Å². The summed E-state index contributed by atoms with van der Waals surface area (Å²) in [6, 6.07) is 0. The molecule has 0 fully saturated rings. The van der Waals surface area contributed by atoms with E-state index >= 15 is 0 Å². The first-order chi connectivity index (χ1) is 9.90. The van der Waals surface area contributed by atoms with Crippen LogP contribution in [0.1, 0.15) is 27.2 Å². The van der Waals surface area contributed by atoms with E-state index in [1.807, 2.05) is 19.9 Å². The van der Waals surface area contributed by atoms with Crippen molar-refractivity contribution in [3.8, 4) is 0 Å². The highest BCUT2D eigenvalue weighted by Gasteiger charge is 2.02. The molecule has 21 heavy (non-hydrogen) atoms. The molecule has 0 aliphatic rings. The summed E-state index contributed by atoms with van der Waals surface area (Å²) in [4.78, 5) is 14.4. The molecule has 6 N–H and O–H groups in total. The topological polar surface area (TPSA) is 120 Å². The number of allylic oxidation sites excluding steroid dienone is 3. The molecule has 0 atom stereocenters. The van der Waals surface area contributed by atoms with Gasteiger partial charge in [-0.2, -0.15) is 0 Å². The van der Waals surface area contributed by atoms with Gasteiger partial charge in [0.25, 0.3) is 6.47 Å². The van der Waals surface area contributed by atoms with Gasteiger partial charge >= 0.3 is 0 Å². The maximum absolute atomic E-state index is 10.1. The second kappa shape index (κ2) is 10.5. The molecule has 7 nitrogen and oxygen atoms in total. The summed E-state index contributed by atoms with van der Waals surface area (Å²) in [6.07, 6.45) is 6.09. The molecule has 0 aromatic heterocycles. The Kier molecular flexibility index (Phi) is 9.36. The van der Waals surface area contributed by atoms with Gasteiger partial charge in [0.05, 0.1) is 12.2 Å². The Morgan fingerprint density at radius 3 is 2.52 bits per heavy atom. The first-order valence-corrected chi connectivity index (χ1v) is 6.59. The van der Waals surface area contributed by atoms with Gasteiger partial charge in [-0.05, 0) is 20.3 Å². The molecule has 0 spiro atoms. The van der Waals surface area contributed by atoms with Crippen LogP contribution in [0, 0.1) is 0 Å². The van der Waals surface area contributed by atoms with Crippen LogP contribution in [0.15, 0.2) is 39.9 Å². The molecule has 0 aromatic carbocycles. The van der Waals surface area contributed by atoms with Crippen LogP contribution in [0.3, 0.4) is 0 Å². The van der Waals surface area contributed by atoms with Crippen molar-refractivity contribution in [3.05, 3.63) is 34.9 Å². The number of aliphatic imine (C=N–C) groups is 1. The second-order valence-corrected chi connectivity index (χ2v) is 4.50. The molecule has 0 aromatic rings. The summed E-state index contributed by atoms with van der Waals surface area (Å²) < 4.78 is 4.53. The van der Waals surface area contributed by atoms with Gasteiger partial charge in [0.2, 0.25) is 0 Å². The molecule has 7 heteroatoms. The fourth-order valence-corrected chi connectivity index (χ4v) is 1.42. The van der Waals surface area contributed by atoms with Crippen molar-refractivity contribution in [2.45, 2.75) is 27.2 Å². The summed E-state index contributed by atoms with van der Waals surface area (Å²) in [5.74, 6) is 5.82. The number of ether oxygens (including phenoxy) is 1. The van der Waals surface area contributed by atoms with Crippen LogP contribution in [-0.4, -0.2) is 30.8 Å². The van der Waals surface area contributed by atoms with Gasteiger partial charge in [0, 0.05) is 29.4 Å². The fraction of sp³-hybridized carbons (Fsp3) is 0.429. The summed E-state index contributed by atoms with van der Waals surface area (Å²) in [5.41, 5.74) is 14.1. The van der Waals surface area contributed by atoms with E-state index in [9.17, 15) is 4.79 Å². The maximum atomic E-state index is 10.1. The zero-order valence-corrected chi connectivity index (χ0v) is 12.9. The third kappa shape index (κ3) is 9.28. The number of nitrogens with two attached hydrogens (primary N) is 3. The summed E-state index contributed by atoms with van der Waals surface area (Å²) >= 11 is 0. The molecule has 118 valence electrons. The Bertz CT molecular complexity index is 448. The van der Waals surface area contributed by atoms with Gasteiger partial charge in [-0.25, -0.2) is 5.84 Å². The van der Waals surface area contributed by atoms with Crippen molar-refractivity contribution in [1.82, 2.24) is 5.01 Å². The van der Waals surface area contributed by atoms with Crippen LogP contribution >= 0.6 is 0 Å². The van der Waals surface area contributed by atoms with E-state index in [0.717, 1.165) is 17.7 Å². The number of hydrogen-bond donors (Lipinski definition) is 3. The van der Waals surface area contributed by atoms with Crippen LogP contribution in [0.25, 0.3) is 0 Å². The number of carbonyl (C=O) groups excluding carboxylic acids is 1. The van der Waals surface area contributed by atoms with Crippen molar-refractivity contribution >= 4 is 12.7 Å². The predicted molar refractivity (Wildman–Crippen MR) is 84.6 cm³/mol.